The van der Waals surface area contributed by atoms with Crippen molar-refractivity contribution in [1.82, 2.24) is 5.32 Å². The normalized spacial score (nSPS) is 12.7. The van der Waals surface area contributed by atoms with Crippen LogP contribution in [-0.2, 0) is 24.2 Å². The second-order valence-corrected chi connectivity index (χ2v) is 6.53. The van der Waals surface area contributed by atoms with Gasteiger partial charge in [-0.3, -0.25) is 4.79 Å². The molecule has 0 bridgehead atoms. The van der Waals surface area contributed by atoms with Crippen molar-refractivity contribution in [3.8, 4) is 5.75 Å². The molecular formula is C21H26ClFN2O2. The van der Waals surface area contributed by atoms with Crippen LogP contribution in [0.1, 0.15) is 36.5 Å². The Morgan fingerprint density at radius 2 is 2.00 bits per heavy atom. The Morgan fingerprint density at radius 1 is 1.22 bits per heavy atom. The van der Waals surface area contributed by atoms with Gasteiger partial charge in [0.2, 0.25) is 5.91 Å². The smallest absolute Gasteiger partial charge is 0.224 e. The first-order valence-corrected chi connectivity index (χ1v) is 9.20. The Balaban J connectivity index is 0.00000261. The molecule has 4 nitrogen and oxygen atoms in total. The zero-order valence-corrected chi connectivity index (χ0v) is 16.3. The van der Waals surface area contributed by atoms with Crippen LogP contribution in [0.4, 0.5) is 10.1 Å². The molecule has 3 rings (SSSR count). The Morgan fingerprint density at radius 3 is 2.74 bits per heavy atom. The first-order valence-electron chi connectivity index (χ1n) is 9.20. The van der Waals surface area contributed by atoms with E-state index in [1.54, 1.807) is 6.07 Å². The minimum atomic E-state index is -0.297. The number of carbonyl (C=O) groups excluding carboxylic acids is 1. The number of fused-ring (bicyclic) bond motifs is 1. The minimum absolute atomic E-state index is 0. The van der Waals surface area contributed by atoms with E-state index in [0.29, 0.717) is 38.0 Å². The topological polar surface area (TPSA) is 50.4 Å². The highest BCUT2D eigenvalue weighted by atomic mass is 35.5. The van der Waals surface area contributed by atoms with E-state index in [9.17, 15) is 9.18 Å². The minimum Gasteiger partial charge on any atom is -0.494 e. The predicted octanol–water partition coefficient (Wildman–Crippen LogP) is 4.25. The third-order valence-electron chi connectivity index (χ3n) is 4.52. The van der Waals surface area contributed by atoms with Crippen molar-refractivity contribution in [2.45, 2.75) is 39.2 Å². The van der Waals surface area contributed by atoms with E-state index in [2.05, 4.69) is 17.6 Å². The van der Waals surface area contributed by atoms with Crippen molar-refractivity contribution in [1.29, 1.82) is 0 Å². The third kappa shape index (κ3) is 5.68. The van der Waals surface area contributed by atoms with E-state index in [1.165, 1.54) is 0 Å². The second kappa shape index (κ2) is 10.3. The van der Waals surface area contributed by atoms with Gasteiger partial charge in [-0.05, 0) is 60.7 Å². The fourth-order valence-corrected chi connectivity index (χ4v) is 3.07. The summed E-state index contributed by atoms with van der Waals surface area (Å²) < 4.78 is 20.1. The average Bonchev–Trinajstić information content (AvgIpc) is 2.68. The molecule has 146 valence electrons. The first-order chi connectivity index (χ1) is 12.7. The third-order valence-corrected chi connectivity index (χ3v) is 4.52. The fourth-order valence-electron chi connectivity index (χ4n) is 3.07. The van der Waals surface area contributed by atoms with Gasteiger partial charge in [-0.1, -0.05) is 25.1 Å². The van der Waals surface area contributed by atoms with Gasteiger partial charge >= 0.3 is 0 Å². The Kier molecular flexibility index (Phi) is 8.07. The zero-order valence-electron chi connectivity index (χ0n) is 15.5. The molecule has 2 N–H and O–H groups in total. The number of ether oxygens (including phenoxy) is 1. The van der Waals surface area contributed by atoms with Gasteiger partial charge in [-0.25, -0.2) is 4.39 Å². The van der Waals surface area contributed by atoms with E-state index >= 15 is 0 Å². The molecule has 1 aliphatic rings. The van der Waals surface area contributed by atoms with Crippen molar-refractivity contribution in [3.63, 3.8) is 0 Å². The number of anilines is 1. The summed E-state index contributed by atoms with van der Waals surface area (Å²) in [5.74, 6) is 0.365. The SMILES string of the molecule is CCCOc1ccc(CCC(=O)Nc2ccc3c(c2F)CCNC3)cc1.Cl. The van der Waals surface area contributed by atoms with Crippen LogP contribution in [0.5, 0.6) is 5.75 Å². The van der Waals surface area contributed by atoms with E-state index < -0.39 is 0 Å². The van der Waals surface area contributed by atoms with Gasteiger partial charge in [0.25, 0.3) is 0 Å². The zero-order chi connectivity index (χ0) is 18.4. The Labute approximate surface area is 165 Å². The summed E-state index contributed by atoms with van der Waals surface area (Å²) in [6.07, 6.45) is 2.54. The van der Waals surface area contributed by atoms with E-state index in [-0.39, 0.29) is 29.8 Å². The monoisotopic (exact) mass is 392 g/mol. The highest BCUT2D eigenvalue weighted by Crippen LogP contribution is 2.24. The molecule has 27 heavy (non-hydrogen) atoms. The van der Waals surface area contributed by atoms with Gasteiger partial charge in [0.15, 0.2) is 0 Å². The number of hydrogen-bond donors (Lipinski definition) is 2. The van der Waals surface area contributed by atoms with Crippen LogP contribution in [0.2, 0.25) is 0 Å². The summed E-state index contributed by atoms with van der Waals surface area (Å²) in [6, 6.07) is 11.3. The van der Waals surface area contributed by atoms with Crippen molar-refractivity contribution in [2.75, 3.05) is 18.5 Å². The van der Waals surface area contributed by atoms with Crippen molar-refractivity contribution >= 4 is 24.0 Å². The lowest BCUT2D eigenvalue weighted by molar-refractivity contribution is -0.116. The molecule has 1 heterocycles. The molecule has 0 unspecified atom stereocenters. The summed E-state index contributed by atoms with van der Waals surface area (Å²) in [4.78, 5) is 12.2. The van der Waals surface area contributed by atoms with Gasteiger partial charge in [-0.2, -0.15) is 0 Å². The molecule has 0 fully saturated rings. The van der Waals surface area contributed by atoms with Crippen molar-refractivity contribution < 1.29 is 13.9 Å². The number of amides is 1. The van der Waals surface area contributed by atoms with Crippen LogP contribution in [0.3, 0.4) is 0 Å². The number of benzene rings is 2. The molecule has 0 saturated carbocycles. The molecule has 0 spiro atoms. The van der Waals surface area contributed by atoms with Crippen LogP contribution >= 0.6 is 12.4 Å². The van der Waals surface area contributed by atoms with Crippen molar-refractivity contribution in [2.24, 2.45) is 0 Å². The molecule has 1 amide bonds. The molecule has 0 aliphatic carbocycles. The summed E-state index contributed by atoms with van der Waals surface area (Å²) >= 11 is 0. The highest BCUT2D eigenvalue weighted by Gasteiger charge is 2.17. The van der Waals surface area contributed by atoms with Crippen molar-refractivity contribution in [3.05, 3.63) is 58.9 Å². The molecule has 2 aromatic carbocycles. The maximum atomic E-state index is 14.6. The molecule has 6 heteroatoms. The number of hydrogen-bond acceptors (Lipinski definition) is 3. The molecule has 0 atom stereocenters. The highest BCUT2D eigenvalue weighted by molar-refractivity contribution is 5.91. The van der Waals surface area contributed by atoms with Crippen LogP contribution in [0, 0.1) is 5.82 Å². The Bertz CT molecular complexity index is 766. The standard InChI is InChI=1S/C21H25FN2O2.ClH/c1-2-13-26-17-7-3-15(4-8-17)5-10-20(25)24-19-9-6-16-14-23-12-11-18(16)21(19)22;/h3-4,6-9,23H,2,5,10-14H2,1H3,(H,24,25);1H. The van der Waals surface area contributed by atoms with Gasteiger partial charge in [-0.15, -0.1) is 12.4 Å². The van der Waals surface area contributed by atoms with Crippen LogP contribution in [-0.4, -0.2) is 19.1 Å². The van der Waals surface area contributed by atoms with E-state index in [0.717, 1.165) is 29.8 Å². The molecule has 1 aliphatic heterocycles. The number of nitrogens with one attached hydrogen (secondary N) is 2. The number of halogens is 2. The number of aryl methyl sites for hydroxylation is 1. The first kappa shape index (κ1) is 21.2. The van der Waals surface area contributed by atoms with Gasteiger partial charge in [0.05, 0.1) is 12.3 Å². The maximum absolute atomic E-state index is 14.6. The lowest BCUT2D eigenvalue weighted by atomic mass is 9.99. The van der Waals surface area contributed by atoms with Crippen LogP contribution in [0.25, 0.3) is 0 Å². The molecule has 0 saturated heterocycles. The summed E-state index contributed by atoms with van der Waals surface area (Å²) in [6.45, 7) is 4.21. The summed E-state index contributed by atoms with van der Waals surface area (Å²) in [5.41, 5.74) is 3.02. The maximum Gasteiger partial charge on any atom is 0.224 e. The predicted molar refractivity (Wildman–Crippen MR) is 108 cm³/mol. The van der Waals surface area contributed by atoms with E-state index in [1.807, 2.05) is 30.3 Å². The van der Waals surface area contributed by atoms with Gasteiger partial charge in [0, 0.05) is 13.0 Å². The summed E-state index contributed by atoms with van der Waals surface area (Å²) in [5, 5.41) is 5.93. The average molecular weight is 393 g/mol. The quantitative estimate of drug-likeness (QED) is 0.740. The van der Waals surface area contributed by atoms with Crippen LogP contribution in [0.15, 0.2) is 36.4 Å². The molecule has 0 radical (unpaired) electrons. The summed E-state index contributed by atoms with van der Waals surface area (Å²) in [7, 11) is 0. The largest absolute Gasteiger partial charge is 0.494 e. The lowest BCUT2D eigenvalue weighted by Crippen LogP contribution is -2.25. The molecular weight excluding hydrogens is 367 g/mol. The number of carbonyl (C=O) groups is 1. The van der Waals surface area contributed by atoms with Gasteiger partial charge < -0.3 is 15.4 Å². The number of rotatable bonds is 7. The molecule has 2 aromatic rings. The fraction of sp³-hybridized carbons (Fsp3) is 0.381. The molecule has 0 aromatic heterocycles. The van der Waals surface area contributed by atoms with Crippen LogP contribution < -0.4 is 15.4 Å². The van der Waals surface area contributed by atoms with E-state index in [4.69, 9.17) is 4.74 Å². The lowest BCUT2D eigenvalue weighted by Gasteiger charge is -2.19. The Hall–Kier alpha value is -2.11. The van der Waals surface area contributed by atoms with Gasteiger partial charge in [0.1, 0.15) is 11.6 Å². The second-order valence-electron chi connectivity index (χ2n) is 6.53.